The molecule has 1 aliphatic heterocycles. The van der Waals surface area contributed by atoms with Crippen molar-refractivity contribution in [2.24, 2.45) is 7.05 Å². The van der Waals surface area contributed by atoms with Crippen LogP contribution in [0.25, 0.3) is 0 Å². The first-order valence-corrected chi connectivity index (χ1v) is 7.42. The van der Waals surface area contributed by atoms with Crippen molar-refractivity contribution in [3.8, 4) is 0 Å². The van der Waals surface area contributed by atoms with Crippen molar-refractivity contribution in [2.75, 3.05) is 6.54 Å². The van der Waals surface area contributed by atoms with Crippen LogP contribution < -0.4 is 5.56 Å². The fraction of sp³-hybridized carbons (Fsp3) is 0.353. The summed E-state index contributed by atoms with van der Waals surface area (Å²) in [5, 5.41) is 0. The number of aromatic nitrogens is 2. The maximum atomic E-state index is 12.5. The van der Waals surface area contributed by atoms with Crippen molar-refractivity contribution in [2.45, 2.75) is 26.3 Å². The zero-order valence-electron chi connectivity index (χ0n) is 12.9. The van der Waals surface area contributed by atoms with E-state index in [-0.39, 0.29) is 17.9 Å². The molecule has 114 valence electrons. The summed E-state index contributed by atoms with van der Waals surface area (Å²) in [6.45, 7) is 3.09. The fourth-order valence-corrected chi connectivity index (χ4v) is 2.84. The maximum Gasteiger partial charge on any atom is 0.256 e. The molecule has 0 bridgehead atoms. The van der Waals surface area contributed by atoms with Crippen LogP contribution in [0.3, 0.4) is 0 Å². The van der Waals surface area contributed by atoms with E-state index in [0.717, 1.165) is 13.0 Å². The van der Waals surface area contributed by atoms with Crippen molar-refractivity contribution in [3.05, 3.63) is 63.3 Å². The summed E-state index contributed by atoms with van der Waals surface area (Å²) in [7, 11) is 1.66. The van der Waals surface area contributed by atoms with E-state index in [4.69, 9.17) is 0 Å². The van der Waals surface area contributed by atoms with Crippen LogP contribution >= 0.6 is 0 Å². The third-order valence-electron chi connectivity index (χ3n) is 4.26. The van der Waals surface area contributed by atoms with Crippen molar-refractivity contribution in [1.29, 1.82) is 0 Å². The third kappa shape index (κ3) is 2.66. The summed E-state index contributed by atoms with van der Waals surface area (Å²) in [5.41, 5.74) is 3.55. The van der Waals surface area contributed by atoms with Crippen molar-refractivity contribution in [1.82, 2.24) is 14.5 Å². The first kappa shape index (κ1) is 14.5. The molecular formula is C17H19N3O2. The van der Waals surface area contributed by atoms with E-state index in [9.17, 15) is 9.59 Å². The van der Waals surface area contributed by atoms with Crippen LogP contribution in [0.1, 0.15) is 22.4 Å². The molecule has 5 heteroatoms. The molecule has 5 nitrogen and oxygen atoms in total. The molecular weight excluding hydrogens is 278 g/mol. The average molecular weight is 297 g/mol. The topological polar surface area (TPSA) is 55.2 Å². The highest BCUT2D eigenvalue weighted by atomic mass is 16.2. The van der Waals surface area contributed by atoms with Gasteiger partial charge in [-0.25, -0.2) is 4.98 Å². The van der Waals surface area contributed by atoms with E-state index < -0.39 is 0 Å². The van der Waals surface area contributed by atoms with E-state index in [1.54, 1.807) is 14.0 Å². The standard InChI is InChI=1S/C17H19N3O2/c1-12-15(18-11-19(2)17(12)22)9-16(21)20-8-7-13-5-3-4-6-14(13)10-20/h3-6,11H,7-10H2,1-2H3. The molecule has 0 radical (unpaired) electrons. The van der Waals surface area contributed by atoms with Gasteiger partial charge in [0, 0.05) is 25.7 Å². The zero-order valence-corrected chi connectivity index (χ0v) is 12.9. The minimum atomic E-state index is -0.0956. The molecule has 2 heterocycles. The summed E-state index contributed by atoms with van der Waals surface area (Å²) < 4.78 is 1.43. The Hall–Kier alpha value is -2.43. The van der Waals surface area contributed by atoms with Gasteiger partial charge in [0.15, 0.2) is 0 Å². The fourth-order valence-electron chi connectivity index (χ4n) is 2.84. The third-order valence-corrected chi connectivity index (χ3v) is 4.26. The smallest absolute Gasteiger partial charge is 0.256 e. The van der Waals surface area contributed by atoms with Crippen molar-refractivity contribution >= 4 is 5.91 Å². The Morgan fingerprint density at radius 3 is 2.77 bits per heavy atom. The van der Waals surface area contributed by atoms with Crippen LogP contribution in [0.4, 0.5) is 0 Å². The Morgan fingerprint density at radius 2 is 2.00 bits per heavy atom. The summed E-state index contributed by atoms with van der Waals surface area (Å²) in [5.74, 6) is 0.0263. The molecule has 0 unspecified atom stereocenters. The van der Waals surface area contributed by atoms with Crippen LogP contribution in [0.2, 0.25) is 0 Å². The van der Waals surface area contributed by atoms with Crippen molar-refractivity contribution < 1.29 is 4.79 Å². The van der Waals surface area contributed by atoms with Gasteiger partial charge in [-0.15, -0.1) is 0 Å². The minimum Gasteiger partial charge on any atom is -0.338 e. The average Bonchev–Trinajstić information content (AvgIpc) is 2.55. The highest BCUT2D eigenvalue weighted by Crippen LogP contribution is 2.19. The number of hydrogen-bond acceptors (Lipinski definition) is 3. The number of hydrogen-bond donors (Lipinski definition) is 0. The lowest BCUT2D eigenvalue weighted by Crippen LogP contribution is -2.37. The van der Waals surface area contributed by atoms with Gasteiger partial charge in [-0.2, -0.15) is 0 Å². The first-order valence-electron chi connectivity index (χ1n) is 7.42. The monoisotopic (exact) mass is 297 g/mol. The normalized spacial score (nSPS) is 13.8. The quantitative estimate of drug-likeness (QED) is 0.837. The summed E-state index contributed by atoms with van der Waals surface area (Å²) >= 11 is 0. The predicted molar refractivity (Wildman–Crippen MR) is 83.5 cm³/mol. The maximum absolute atomic E-state index is 12.5. The molecule has 0 saturated heterocycles. The van der Waals surface area contributed by atoms with E-state index in [1.165, 1.54) is 22.0 Å². The van der Waals surface area contributed by atoms with Gasteiger partial charge in [-0.3, -0.25) is 9.59 Å². The van der Waals surface area contributed by atoms with E-state index in [1.807, 2.05) is 17.0 Å². The second kappa shape index (κ2) is 5.75. The number of carbonyl (C=O) groups is 1. The van der Waals surface area contributed by atoms with Gasteiger partial charge in [0.2, 0.25) is 5.91 Å². The first-order chi connectivity index (χ1) is 10.6. The number of carbonyl (C=O) groups excluding carboxylic acids is 1. The molecule has 0 fully saturated rings. The molecule has 1 aliphatic rings. The highest BCUT2D eigenvalue weighted by Gasteiger charge is 2.21. The SMILES string of the molecule is Cc1c(CC(=O)N2CCc3ccccc3C2)ncn(C)c1=O. The summed E-state index contributed by atoms with van der Waals surface area (Å²) in [4.78, 5) is 30.5. The Morgan fingerprint density at radius 1 is 1.27 bits per heavy atom. The van der Waals surface area contributed by atoms with E-state index >= 15 is 0 Å². The number of aryl methyl sites for hydroxylation is 1. The summed E-state index contributed by atoms with van der Waals surface area (Å²) in [6.07, 6.45) is 2.54. The number of nitrogens with zero attached hydrogens (tertiary/aromatic N) is 3. The number of fused-ring (bicyclic) bond motifs is 1. The zero-order chi connectivity index (χ0) is 15.7. The van der Waals surface area contributed by atoms with E-state index in [0.29, 0.717) is 17.8 Å². The second-order valence-corrected chi connectivity index (χ2v) is 5.74. The number of benzene rings is 1. The van der Waals surface area contributed by atoms with Gasteiger partial charge in [0.1, 0.15) is 0 Å². The van der Waals surface area contributed by atoms with Crippen LogP contribution in [0.5, 0.6) is 0 Å². The Bertz CT molecular complexity index is 780. The van der Waals surface area contributed by atoms with Gasteiger partial charge in [0.05, 0.1) is 18.4 Å². The van der Waals surface area contributed by atoms with Crippen LogP contribution in [-0.4, -0.2) is 26.9 Å². The molecule has 1 aromatic carbocycles. The van der Waals surface area contributed by atoms with Gasteiger partial charge >= 0.3 is 0 Å². The van der Waals surface area contributed by atoms with Crippen LogP contribution in [0.15, 0.2) is 35.4 Å². The van der Waals surface area contributed by atoms with Gasteiger partial charge < -0.3 is 9.47 Å². The van der Waals surface area contributed by atoms with Gasteiger partial charge in [-0.1, -0.05) is 24.3 Å². The number of amides is 1. The molecule has 1 amide bonds. The molecule has 3 rings (SSSR count). The lowest BCUT2D eigenvalue weighted by atomic mass is 9.99. The predicted octanol–water partition coefficient (Wildman–Crippen LogP) is 1.22. The number of rotatable bonds is 2. The molecule has 2 aromatic rings. The highest BCUT2D eigenvalue weighted by molar-refractivity contribution is 5.79. The lowest BCUT2D eigenvalue weighted by molar-refractivity contribution is -0.131. The Balaban J connectivity index is 1.76. The van der Waals surface area contributed by atoms with E-state index in [2.05, 4.69) is 17.1 Å². The molecule has 1 aromatic heterocycles. The largest absolute Gasteiger partial charge is 0.338 e. The molecule has 0 saturated carbocycles. The van der Waals surface area contributed by atoms with Crippen molar-refractivity contribution in [3.63, 3.8) is 0 Å². The summed E-state index contributed by atoms with van der Waals surface area (Å²) in [6, 6.07) is 8.21. The Labute approximate surface area is 129 Å². The van der Waals surface area contributed by atoms with Gasteiger partial charge in [-0.05, 0) is 24.5 Å². The van der Waals surface area contributed by atoms with Crippen LogP contribution in [-0.2, 0) is 31.2 Å². The lowest BCUT2D eigenvalue weighted by Gasteiger charge is -2.29. The minimum absolute atomic E-state index is 0.0263. The molecule has 0 aliphatic carbocycles. The molecule has 0 atom stereocenters. The van der Waals surface area contributed by atoms with Crippen LogP contribution in [0, 0.1) is 6.92 Å². The molecule has 22 heavy (non-hydrogen) atoms. The second-order valence-electron chi connectivity index (χ2n) is 5.74. The Kier molecular flexibility index (Phi) is 3.79. The molecule has 0 spiro atoms. The van der Waals surface area contributed by atoms with Gasteiger partial charge in [0.25, 0.3) is 5.56 Å². The molecule has 0 N–H and O–H groups in total.